The van der Waals surface area contributed by atoms with E-state index in [1.54, 1.807) is 24.3 Å². The summed E-state index contributed by atoms with van der Waals surface area (Å²) in [5.74, 6) is 0. The minimum atomic E-state index is -3.69. The first-order chi connectivity index (χ1) is 10.0. The van der Waals surface area contributed by atoms with E-state index in [0.29, 0.717) is 12.2 Å². The molecule has 2 N–H and O–H groups in total. The molecule has 0 saturated heterocycles. The summed E-state index contributed by atoms with van der Waals surface area (Å²) in [7, 11) is -3.69. The predicted molar refractivity (Wildman–Crippen MR) is 78.4 cm³/mol. The number of nitrogens with zero attached hydrogens (tertiary/aromatic N) is 2. The van der Waals surface area contributed by atoms with Gasteiger partial charge in [-0.25, -0.2) is 8.42 Å². The van der Waals surface area contributed by atoms with Crippen molar-refractivity contribution in [2.24, 2.45) is 0 Å². The highest BCUT2D eigenvalue weighted by Crippen LogP contribution is 2.30. The highest BCUT2D eigenvalue weighted by molar-refractivity contribution is 7.89. The Bertz CT molecular complexity index is 853. The molecule has 0 aromatic heterocycles. The molecule has 0 aliphatic carbocycles. The SMILES string of the molecule is N#Cc1ccccc1S(=O)(=O)N1Cc2ccc(N)cc2C1. The molecular formula is C15H13N3O2S. The van der Waals surface area contributed by atoms with Crippen LogP contribution in [0.1, 0.15) is 16.7 Å². The van der Waals surface area contributed by atoms with E-state index < -0.39 is 10.0 Å². The van der Waals surface area contributed by atoms with E-state index in [0.717, 1.165) is 11.1 Å². The van der Waals surface area contributed by atoms with Gasteiger partial charge in [0.2, 0.25) is 10.0 Å². The van der Waals surface area contributed by atoms with Crippen LogP contribution in [0.4, 0.5) is 5.69 Å². The molecule has 1 heterocycles. The molecule has 1 aliphatic heterocycles. The minimum absolute atomic E-state index is 0.0493. The van der Waals surface area contributed by atoms with Crippen LogP contribution in [0.25, 0.3) is 0 Å². The molecule has 0 fully saturated rings. The molecular weight excluding hydrogens is 286 g/mol. The first kappa shape index (κ1) is 13.6. The van der Waals surface area contributed by atoms with Gasteiger partial charge < -0.3 is 5.73 Å². The monoisotopic (exact) mass is 299 g/mol. The fraction of sp³-hybridized carbons (Fsp3) is 0.133. The fourth-order valence-corrected chi connectivity index (χ4v) is 4.01. The lowest BCUT2D eigenvalue weighted by Crippen LogP contribution is -2.26. The molecule has 5 nitrogen and oxygen atoms in total. The minimum Gasteiger partial charge on any atom is -0.399 e. The number of nitrogen functional groups attached to an aromatic ring is 1. The second-order valence-corrected chi connectivity index (χ2v) is 6.82. The van der Waals surface area contributed by atoms with Gasteiger partial charge in [-0.3, -0.25) is 0 Å². The van der Waals surface area contributed by atoms with E-state index >= 15 is 0 Å². The summed E-state index contributed by atoms with van der Waals surface area (Å²) in [6, 6.07) is 13.6. The number of hydrogen-bond donors (Lipinski definition) is 1. The van der Waals surface area contributed by atoms with E-state index in [1.165, 1.54) is 16.4 Å². The number of rotatable bonds is 2. The lowest BCUT2D eigenvalue weighted by atomic mass is 10.1. The molecule has 2 aromatic rings. The van der Waals surface area contributed by atoms with Crippen molar-refractivity contribution in [1.82, 2.24) is 4.31 Å². The third-order valence-corrected chi connectivity index (χ3v) is 5.40. The average Bonchev–Trinajstić information content (AvgIpc) is 2.91. The summed E-state index contributed by atoms with van der Waals surface area (Å²) >= 11 is 0. The first-order valence-corrected chi connectivity index (χ1v) is 7.83. The molecule has 0 unspecified atom stereocenters. The van der Waals surface area contributed by atoms with Gasteiger partial charge >= 0.3 is 0 Å². The van der Waals surface area contributed by atoms with Gasteiger partial charge in [0.15, 0.2) is 0 Å². The maximum Gasteiger partial charge on any atom is 0.245 e. The van der Waals surface area contributed by atoms with E-state index in [-0.39, 0.29) is 17.0 Å². The van der Waals surface area contributed by atoms with Gasteiger partial charge in [-0.1, -0.05) is 18.2 Å². The molecule has 106 valence electrons. The predicted octanol–water partition coefficient (Wildman–Crippen LogP) is 1.84. The van der Waals surface area contributed by atoms with Gasteiger partial charge in [0.1, 0.15) is 6.07 Å². The van der Waals surface area contributed by atoms with Crippen LogP contribution in [0.2, 0.25) is 0 Å². The van der Waals surface area contributed by atoms with E-state index in [2.05, 4.69) is 0 Å². The van der Waals surface area contributed by atoms with Crippen LogP contribution in [0.3, 0.4) is 0 Å². The Labute approximate surface area is 123 Å². The summed E-state index contributed by atoms with van der Waals surface area (Å²) < 4.78 is 26.8. The highest BCUT2D eigenvalue weighted by Gasteiger charge is 2.32. The van der Waals surface area contributed by atoms with E-state index in [4.69, 9.17) is 11.0 Å². The molecule has 1 aliphatic rings. The van der Waals surface area contributed by atoms with Crippen molar-refractivity contribution < 1.29 is 8.42 Å². The van der Waals surface area contributed by atoms with Gasteiger partial charge in [-0.15, -0.1) is 0 Å². The standard InChI is InChI=1S/C15H13N3O2S/c16-8-11-3-1-2-4-15(11)21(19,20)18-9-12-5-6-14(17)7-13(12)10-18/h1-7H,9-10,17H2. The molecule has 21 heavy (non-hydrogen) atoms. The number of anilines is 1. The molecule has 0 spiro atoms. The second-order valence-electron chi connectivity index (χ2n) is 4.91. The zero-order valence-electron chi connectivity index (χ0n) is 11.2. The fourth-order valence-electron chi connectivity index (χ4n) is 2.48. The Kier molecular flexibility index (Phi) is 3.16. The van der Waals surface area contributed by atoms with Crippen LogP contribution in [0.5, 0.6) is 0 Å². The van der Waals surface area contributed by atoms with Crippen LogP contribution in [0.15, 0.2) is 47.4 Å². The highest BCUT2D eigenvalue weighted by atomic mass is 32.2. The molecule has 0 amide bonds. The number of nitrogens with two attached hydrogens (primary N) is 1. The van der Waals surface area contributed by atoms with Crippen LogP contribution < -0.4 is 5.73 Å². The molecule has 0 atom stereocenters. The molecule has 0 radical (unpaired) electrons. The summed E-state index contributed by atoms with van der Waals surface area (Å²) in [4.78, 5) is 0.0493. The summed E-state index contributed by atoms with van der Waals surface area (Å²) in [5.41, 5.74) is 8.36. The largest absolute Gasteiger partial charge is 0.399 e. The number of nitriles is 1. The van der Waals surface area contributed by atoms with Gasteiger partial charge in [-0.05, 0) is 35.4 Å². The Morgan fingerprint density at radius 1 is 1.10 bits per heavy atom. The van der Waals surface area contributed by atoms with Crippen LogP contribution in [-0.2, 0) is 23.1 Å². The summed E-state index contributed by atoms with van der Waals surface area (Å²) in [5, 5.41) is 9.09. The number of sulfonamides is 1. The van der Waals surface area contributed by atoms with Crippen LogP contribution in [-0.4, -0.2) is 12.7 Å². The smallest absolute Gasteiger partial charge is 0.245 e. The number of benzene rings is 2. The van der Waals surface area contributed by atoms with Crippen molar-refractivity contribution in [3.63, 3.8) is 0 Å². The van der Waals surface area contributed by atoms with Gasteiger partial charge in [0.25, 0.3) is 0 Å². The zero-order chi connectivity index (χ0) is 15.0. The molecule has 0 bridgehead atoms. The normalized spacial score (nSPS) is 14.6. The van der Waals surface area contributed by atoms with Crippen LogP contribution in [0, 0.1) is 11.3 Å². The number of hydrogen-bond acceptors (Lipinski definition) is 4. The van der Waals surface area contributed by atoms with Crippen molar-refractivity contribution in [2.75, 3.05) is 5.73 Å². The second kappa shape index (κ2) is 4.88. The van der Waals surface area contributed by atoms with Crippen molar-refractivity contribution in [2.45, 2.75) is 18.0 Å². The Morgan fingerprint density at radius 2 is 1.81 bits per heavy atom. The maximum atomic E-state index is 12.7. The first-order valence-electron chi connectivity index (χ1n) is 6.39. The van der Waals surface area contributed by atoms with Crippen LogP contribution >= 0.6 is 0 Å². The topological polar surface area (TPSA) is 87.2 Å². The van der Waals surface area contributed by atoms with Gasteiger partial charge in [-0.2, -0.15) is 9.57 Å². The van der Waals surface area contributed by atoms with E-state index in [1.807, 2.05) is 12.1 Å². The third-order valence-electron chi connectivity index (χ3n) is 3.55. The van der Waals surface area contributed by atoms with Gasteiger partial charge in [0.05, 0.1) is 10.5 Å². The maximum absolute atomic E-state index is 12.7. The lowest BCUT2D eigenvalue weighted by molar-refractivity contribution is 0.431. The van der Waals surface area contributed by atoms with Crippen molar-refractivity contribution in [1.29, 1.82) is 5.26 Å². The lowest BCUT2D eigenvalue weighted by Gasteiger charge is -2.16. The molecule has 0 saturated carbocycles. The quantitative estimate of drug-likeness (QED) is 0.857. The van der Waals surface area contributed by atoms with E-state index in [9.17, 15) is 8.42 Å². The number of fused-ring (bicyclic) bond motifs is 1. The molecule has 2 aromatic carbocycles. The third kappa shape index (κ3) is 2.27. The summed E-state index contributed by atoms with van der Waals surface area (Å²) in [6.07, 6.45) is 0. The molecule has 3 rings (SSSR count). The Hall–Kier alpha value is -2.36. The van der Waals surface area contributed by atoms with Gasteiger partial charge in [0, 0.05) is 18.8 Å². The zero-order valence-corrected chi connectivity index (χ0v) is 12.0. The Balaban J connectivity index is 2.01. The molecule has 6 heteroatoms. The van der Waals surface area contributed by atoms with Crippen molar-refractivity contribution in [3.8, 4) is 6.07 Å². The Morgan fingerprint density at radius 3 is 2.57 bits per heavy atom. The summed E-state index contributed by atoms with van der Waals surface area (Å²) in [6.45, 7) is 0.584. The average molecular weight is 299 g/mol. The van der Waals surface area contributed by atoms with Crippen molar-refractivity contribution in [3.05, 3.63) is 59.2 Å². The van der Waals surface area contributed by atoms with Crippen molar-refractivity contribution >= 4 is 15.7 Å².